The Morgan fingerprint density at radius 1 is 1.35 bits per heavy atom. The summed E-state index contributed by atoms with van der Waals surface area (Å²) in [5, 5.41) is 9.40. The normalized spacial score (nSPS) is 17.5. The van der Waals surface area contributed by atoms with Gasteiger partial charge in [-0.2, -0.15) is 4.98 Å². The molecular weight excluding hydrogens is 350 g/mol. The van der Waals surface area contributed by atoms with E-state index >= 15 is 0 Å². The lowest BCUT2D eigenvalue weighted by atomic mass is 10.2. The van der Waals surface area contributed by atoms with Crippen LogP contribution in [0.2, 0.25) is 0 Å². The molecule has 2 aromatic heterocycles. The van der Waals surface area contributed by atoms with Crippen LogP contribution in [-0.2, 0) is 4.79 Å². The number of amides is 1. The standard InChI is InChI=1S/C18H19N5O2S/c24-15(20-18-19-9-12-26-18)8-11-23-10-4-7-14(23)17-21-16(22-25-17)13-5-2-1-3-6-13/h1-3,5-6,9,12,14H,4,7-8,10-11H2,(H,19,20,24). The summed E-state index contributed by atoms with van der Waals surface area (Å²) in [7, 11) is 0. The van der Waals surface area contributed by atoms with Crippen LogP contribution in [0, 0.1) is 0 Å². The van der Waals surface area contributed by atoms with Gasteiger partial charge in [-0.1, -0.05) is 35.5 Å². The van der Waals surface area contributed by atoms with Crippen LogP contribution in [0.1, 0.15) is 31.2 Å². The third-order valence-electron chi connectivity index (χ3n) is 4.43. The zero-order valence-electron chi connectivity index (χ0n) is 14.2. The first-order valence-electron chi connectivity index (χ1n) is 8.62. The first-order chi connectivity index (χ1) is 12.8. The zero-order valence-corrected chi connectivity index (χ0v) is 15.0. The Morgan fingerprint density at radius 3 is 3.04 bits per heavy atom. The number of anilines is 1. The van der Waals surface area contributed by atoms with Gasteiger partial charge in [-0.05, 0) is 19.4 Å². The van der Waals surface area contributed by atoms with Gasteiger partial charge >= 0.3 is 0 Å². The summed E-state index contributed by atoms with van der Waals surface area (Å²) in [5.41, 5.74) is 0.940. The molecule has 7 nitrogen and oxygen atoms in total. The number of nitrogens with one attached hydrogen (secondary N) is 1. The van der Waals surface area contributed by atoms with E-state index in [4.69, 9.17) is 4.52 Å². The van der Waals surface area contributed by atoms with Crippen molar-refractivity contribution >= 4 is 22.4 Å². The van der Waals surface area contributed by atoms with E-state index in [0.717, 1.165) is 24.9 Å². The highest BCUT2D eigenvalue weighted by molar-refractivity contribution is 7.13. The second kappa shape index (κ2) is 7.76. The van der Waals surface area contributed by atoms with Crippen LogP contribution in [-0.4, -0.2) is 39.0 Å². The Bertz CT molecular complexity index is 850. The van der Waals surface area contributed by atoms with E-state index in [2.05, 4.69) is 25.3 Å². The maximum Gasteiger partial charge on any atom is 0.244 e. The molecule has 0 aliphatic carbocycles. The molecule has 1 aromatic carbocycles. The molecule has 3 heterocycles. The van der Waals surface area contributed by atoms with E-state index in [1.807, 2.05) is 35.7 Å². The van der Waals surface area contributed by atoms with Crippen molar-refractivity contribution in [3.05, 3.63) is 47.8 Å². The Morgan fingerprint density at radius 2 is 2.23 bits per heavy atom. The molecule has 0 spiro atoms. The van der Waals surface area contributed by atoms with Crippen molar-refractivity contribution in [2.75, 3.05) is 18.4 Å². The fourth-order valence-corrected chi connectivity index (χ4v) is 3.71. The van der Waals surface area contributed by atoms with Crippen molar-refractivity contribution in [1.82, 2.24) is 20.0 Å². The summed E-state index contributed by atoms with van der Waals surface area (Å²) >= 11 is 1.42. The Hall–Kier alpha value is -2.58. The number of thiazole rings is 1. The van der Waals surface area contributed by atoms with Crippen molar-refractivity contribution in [3.8, 4) is 11.4 Å². The minimum Gasteiger partial charge on any atom is -0.337 e. The largest absolute Gasteiger partial charge is 0.337 e. The van der Waals surface area contributed by atoms with Gasteiger partial charge in [0, 0.05) is 30.1 Å². The number of rotatable bonds is 6. The predicted molar refractivity (Wildman–Crippen MR) is 98.6 cm³/mol. The number of benzene rings is 1. The summed E-state index contributed by atoms with van der Waals surface area (Å²) in [5.74, 6) is 1.21. The topological polar surface area (TPSA) is 84.2 Å². The second-order valence-electron chi connectivity index (χ2n) is 6.15. The van der Waals surface area contributed by atoms with Gasteiger partial charge in [-0.15, -0.1) is 11.3 Å². The molecule has 1 aliphatic heterocycles. The molecule has 0 saturated carbocycles. The molecule has 1 fully saturated rings. The van der Waals surface area contributed by atoms with Crippen molar-refractivity contribution < 1.29 is 9.32 Å². The molecule has 1 amide bonds. The lowest BCUT2D eigenvalue weighted by Crippen LogP contribution is -2.27. The molecule has 1 N–H and O–H groups in total. The van der Waals surface area contributed by atoms with Crippen LogP contribution < -0.4 is 5.32 Å². The van der Waals surface area contributed by atoms with Crippen LogP contribution in [0.15, 0.2) is 46.4 Å². The zero-order chi connectivity index (χ0) is 17.8. The highest BCUT2D eigenvalue weighted by Crippen LogP contribution is 2.32. The van der Waals surface area contributed by atoms with Crippen molar-refractivity contribution in [3.63, 3.8) is 0 Å². The number of carbonyl (C=O) groups excluding carboxylic acids is 1. The Kier molecular flexibility index (Phi) is 5.03. The third-order valence-corrected chi connectivity index (χ3v) is 5.12. The predicted octanol–water partition coefficient (Wildman–Crippen LogP) is 3.36. The summed E-state index contributed by atoms with van der Waals surface area (Å²) in [6.45, 7) is 1.59. The van der Waals surface area contributed by atoms with Gasteiger partial charge in [0.1, 0.15) is 0 Å². The average Bonchev–Trinajstić information content (AvgIpc) is 3.41. The van der Waals surface area contributed by atoms with Gasteiger partial charge < -0.3 is 9.84 Å². The number of nitrogens with zero attached hydrogens (tertiary/aromatic N) is 4. The number of aromatic nitrogens is 3. The Balaban J connectivity index is 1.37. The second-order valence-corrected chi connectivity index (χ2v) is 7.05. The average molecular weight is 369 g/mol. The molecule has 3 aromatic rings. The van der Waals surface area contributed by atoms with Crippen LogP contribution in [0.4, 0.5) is 5.13 Å². The molecule has 8 heteroatoms. The Labute approximate surface area is 155 Å². The number of hydrogen-bond donors (Lipinski definition) is 1. The molecule has 0 bridgehead atoms. The quantitative estimate of drug-likeness (QED) is 0.717. The lowest BCUT2D eigenvalue weighted by molar-refractivity contribution is -0.116. The van der Waals surface area contributed by atoms with Gasteiger partial charge in [0.05, 0.1) is 6.04 Å². The minimum atomic E-state index is -0.0268. The molecule has 0 radical (unpaired) electrons. The van der Waals surface area contributed by atoms with Gasteiger partial charge in [-0.25, -0.2) is 4.98 Å². The minimum absolute atomic E-state index is 0.0268. The smallest absolute Gasteiger partial charge is 0.244 e. The number of likely N-dealkylation sites (tertiary alicyclic amines) is 1. The van der Waals surface area contributed by atoms with Crippen molar-refractivity contribution in [2.45, 2.75) is 25.3 Å². The van der Waals surface area contributed by atoms with Crippen LogP contribution >= 0.6 is 11.3 Å². The molecule has 4 rings (SSSR count). The SMILES string of the molecule is O=C(CCN1CCCC1c1nc(-c2ccccc2)no1)Nc1nccs1. The van der Waals surface area contributed by atoms with E-state index in [0.29, 0.717) is 29.8 Å². The molecule has 1 atom stereocenters. The fraction of sp³-hybridized carbons (Fsp3) is 0.333. The first-order valence-corrected chi connectivity index (χ1v) is 9.50. The summed E-state index contributed by atoms with van der Waals surface area (Å²) in [6.07, 6.45) is 4.11. The highest BCUT2D eigenvalue weighted by Gasteiger charge is 2.31. The van der Waals surface area contributed by atoms with Gasteiger partial charge in [0.2, 0.25) is 17.6 Å². The molecule has 1 unspecified atom stereocenters. The number of carbonyl (C=O) groups is 1. The maximum absolute atomic E-state index is 12.1. The molecular formula is C18H19N5O2S. The van der Waals surface area contributed by atoms with Gasteiger partial charge in [0.25, 0.3) is 0 Å². The van der Waals surface area contributed by atoms with Crippen LogP contribution in [0.5, 0.6) is 0 Å². The van der Waals surface area contributed by atoms with Gasteiger partial charge in [-0.3, -0.25) is 9.69 Å². The van der Waals surface area contributed by atoms with Gasteiger partial charge in [0.15, 0.2) is 5.13 Å². The lowest BCUT2D eigenvalue weighted by Gasteiger charge is -2.20. The molecule has 134 valence electrons. The highest BCUT2D eigenvalue weighted by atomic mass is 32.1. The van der Waals surface area contributed by atoms with Crippen molar-refractivity contribution in [1.29, 1.82) is 0 Å². The first kappa shape index (κ1) is 16.9. The van der Waals surface area contributed by atoms with E-state index in [1.165, 1.54) is 11.3 Å². The number of hydrogen-bond acceptors (Lipinski definition) is 7. The van der Waals surface area contributed by atoms with E-state index in [1.54, 1.807) is 6.20 Å². The molecule has 26 heavy (non-hydrogen) atoms. The van der Waals surface area contributed by atoms with E-state index in [9.17, 15) is 4.79 Å². The van der Waals surface area contributed by atoms with Crippen LogP contribution in [0.25, 0.3) is 11.4 Å². The summed E-state index contributed by atoms with van der Waals surface area (Å²) < 4.78 is 5.51. The molecule has 1 saturated heterocycles. The molecule has 1 aliphatic rings. The monoisotopic (exact) mass is 369 g/mol. The summed E-state index contributed by atoms with van der Waals surface area (Å²) in [6, 6.07) is 9.86. The van der Waals surface area contributed by atoms with Crippen molar-refractivity contribution in [2.24, 2.45) is 0 Å². The van der Waals surface area contributed by atoms with E-state index in [-0.39, 0.29) is 11.9 Å². The maximum atomic E-state index is 12.1. The van der Waals surface area contributed by atoms with Crippen LogP contribution in [0.3, 0.4) is 0 Å². The fourth-order valence-electron chi connectivity index (χ4n) is 3.16. The summed E-state index contributed by atoms with van der Waals surface area (Å²) in [4.78, 5) is 23.0. The van der Waals surface area contributed by atoms with E-state index < -0.39 is 0 Å². The third kappa shape index (κ3) is 3.81.